The number of rotatable bonds is 7. The molecule has 0 aromatic heterocycles. The molecule has 1 unspecified atom stereocenters. The van der Waals surface area contributed by atoms with E-state index in [0.29, 0.717) is 13.1 Å². The van der Waals surface area contributed by atoms with E-state index in [2.05, 4.69) is 54.2 Å². The summed E-state index contributed by atoms with van der Waals surface area (Å²) in [5, 5.41) is 11.5. The summed E-state index contributed by atoms with van der Waals surface area (Å²) in [6.45, 7) is 6.99. The lowest BCUT2D eigenvalue weighted by Crippen LogP contribution is -2.57. The standard InChI is InChI=1S/C30H43N3O4/c1-28(2,3)37-26(34)21-33-27(35)32(20-23-12-14-25(36-6)15-13-23)22-29(33)16-18-30(19-17-29,31(4)5)24-10-8-7-9-11-24/h7-15,27,35H,16-22H2,1-6H3. The van der Waals surface area contributed by atoms with Gasteiger partial charge in [0, 0.05) is 24.2 Å². The Balaban J connectivity index is 1.59. The summed E-state index contributed by atoms with van der Waals surface area (Å²) in [7, 11) is 5.97. The lowest BCUT2D eigenvalue weighted by atomic mass is 9.68. The number of hydrogen-bond donors (Lipinski definition) is 1. The van der Waals surface area contributed by atoms with Gasteiger partial charge in [-0.1, -0.05) is 42.5 Å². The zero-order valence-electron chi connectivity index (χ0n) is 23.2. The first kappa shape index (κ1) is 27.6. The molecule has 2 aromatic rings. The second kappa shape index (κ2) is 10.7. The van der Waals surface area contributed by atoms with Gasteiger partial charge >= 0.3 is 5.97 Å². The lowest BCUT2D eigenvalue weighted by Gasteiger charge is -2.51. The molecule has 2 aliphatic rings. The Bertz CT molecular complexity index is 1040. The van der Waals surface area contributed by atoms with E-state index in [0.717, 1.165) is 37.0 Å². The summed E-state index contributed by atoms with van der Waals surface area (Å²) in [6.07, 6.45) is 2.77. The summed E-state index contributed by atoms with van der Waals surface area (Å²) in [5.74, 6) is 0.506. The molecular formula is C30H43N3O4. The Morgan fingerprint density at radius 3 is 2.19 bits per heavy atom. The van der Waals surface area contributed by atoms with Gasteiger partial charge in [-0.25, -0.2) is 4.90 Å². The molecule has 7 heteroatoms. The Hall–Kier alpha value is -2.45. The third kappa shape index (κ3) is 5.85. The first-order valence-electron chi connectivity index (χ1n) is 13.2. The molecule has 1 N–H and O–H groups in total. The van der Waals surface area contributed by atoms with E-state index in [1.807, 2.05) is 49.9 Å². The first-order chi connectivity index (χ1) is 17.5. The van der Waals surface area contributed by atoms with Crippen molar-refractivity contribution in [1.82, 2.24) is 14.7 Å². The van der Waals surface area contributed by atoms with Crippen LogP contribution in [0.4, 0.5) is 0 Å². The largest absolute Gasteiger partial charge is 0.497 e. The monoisotopic (exact) mass is 509 g/mol. The highest BCUT2D eigenvalue weighted by Crippen LogP contribution is 2.49. The average Bonchev–Trinajstić information content (AvgIpc) is 3.09. The van der Waals surface area contributed by atoms with Gasteiger partial charge in [0.15, 0.2) is 6.35 Å². The van der Waals surface area contributed by atoms with Gasteiger partial charge in [-0.2, -0.15) is 0 Å². The van der Waals surface area contributed by atoms with Crippen LogP contribution in [0.1, 0.15) is 57.6 Å². The van der Waals surface area contributed by atoms with Crippen LogP contribution in [-0.2, 0) is 21.6 Å². The van der Waals surface area contributed by atoms with E-state index >= 15 is 0 Å². The van der Waals surface area contributed by atoms with E-state index in [1.165, 1.54) is 5.56 Å². The number of esters is 1. The topological polar surface area (TPSA) is 65.5 Å². The quantitative estimate of drug-likeness (QED) is 0.561. The number of aliphatic hydroxyl groups excluding tert-OH is 1. The van der Waals surface area contributed by atoms with Gasteiger partial charge in [-0.05, 0) is 83.8 Å². The summed E-state index contributed by atoms with van der Waals surface area (Å²) >= 11 is 0. The van der Waals surface area contributed by atoms with Crippen molar-refractivity contribution in [3.63, 3.8) is 0 Å². The zero-order valence-corrected chi connectivity index (χ0v) is 23.2. The van der Waals surface area contributed by atoms with Crippen molar-refractivity contribution in [2.24, 2.45) is 0 Å². The maximum atomic E-state index is 13.0. The maximum absolute atomic E-state index is 13.0. The number of methoxy groups -OCH3 is 1. The Kier molecular flexibility index (Phi) is 8.00. The molecule has 4 rings (SSSR count). The number of nitrogens with zero attached hydrogens (tertiary/aromatic N) is 3. The molecule has 37 heavy (non-hydrogen) atoms. The Labute approximate surface area is 222 Å². The van der Waals surface area contributed by atoms with Crippen molar-refractivity contribution in [3.8, 4) is 5.75 Å². The zero-order chi connectivity index (χ0) is 26.8. The van der Waals surface area contributed by atoms with Gasteiger partial charge in [-0.3, -0.25) is 14.6 Å². The van der Waals surface area contributed by atoms with Crippen molar-refractivity contribution in [2.75, 3.05) is 34.3 Å². The fourth-order valence-corrected chi connectivity index (χ4v) is 6.17. The van der Waals surface area contributed by atoms with Crippen molar-refractivity contribution >= 4 is 5.97 Å². The molecular weight excluding hydrogens is 466 g/mol. The van der Waals surface area contributed by atoms with Gasteiger partial charge in [0.25, 0.3) is 0 Å². The minimum Gasteiger partial charge on any atom is -0.497 e. The van der Waals surface area contributed by atoms with Crippen molar-refractivity contribution in [2.45, 2.75) is 76.0 Å². The number of ether oxygens (including phenoxy) is 2. The fourth-order valence-electron chi connectivity index (χ4n) is 6.17. The molecule has 0 bridgehead atoms. The van der Waals surface area contributed by atoms with E-state index in [1.54, 1.807) is 7.11 Å². The predicted octanol–water partition coefficient (Wildman–Crippen LogP) is 4.20. The summed E-state index contributed by atoms with van der Waals surface area (Å²) < 4.78 is 11.0. The molecule has 2 aromatic carbocycles. The molecule has 2 fully saturated rings. The molecule has 7 nitrogen and oxygen atoms in total. The number of carbonyl (C=O) groups is 1. The second-order valence-electron chi connectivity index (χ2n) is 11.8. The predicted molar refractivity (Wildman–Crippen MR) is 145 cm³/mol. The van der Waals surface area contributed by atoms with Gasteiger partial charge in [0.05, 0.1) is 7.11 Å². The summed E-state index contributed by atoms with van der Waals surface area (Å²) in [5.41, 5.74) is 1.46. The van der Waals surface area contributed by atoms with E-state index in [4.69, 9.17) is 9.47 Å². The SMILES string of the molecule is COc1ccc(CN2CC3(CCC(c4ccccc4)(N(C)C)CC3)N(CC(=O)OC(C)(C)C)C2O)cc1. The Morgan fingerprint density at radius 2 is 1.65 bits per heavy atom. The molecule has 0 radical (unpaired) electrons. The van der Waals surface area contributed by atoms with Crippen LogP contribution < -0.4 is 4.74 Å². The first-order valence-corrected chi connectivity index (χ1v) is 13.2. The molecule has 0 amide bonds. The molecule has 1 spiro atoms. The van der Waals surface area contributed by atoms with Crippen molar-refractivity contribution in [1.29, 1.82) is 0 Å². The minimum atomic E-state index is -0.863. The highest BCUT2D eigenvalue weighted by molar-refractivity contribution is 5.72. The third-order valence-corrected chi connectivity index (χ3v) is 8.15. The highest BCUT2D eigenvalue weighted by atomic mass is 16.6. The normalized spacial score (nSPS) is 27.1. The molecule has 1 aliphatic heterocycles. The molecule has 202 valence electrons. The van der Waals surface area contributed by atoms with Crippen LogP contribution in [0.2, 0.25) is 0 Å². The van der Waals surface area contributed by atoms with Crippen LogP contribution in [-0.4, -0.2) is 77.6 Å². The molecule has 1 saturated carbocycles. The van der Waals surface area contributed by atoms with E-state index < -0.39 is 12.0 Å². The van der Waals surface area contributed by atoms with E-state index in [9.17, 15) is 9.90 Å². The second-order valence-corrected chi connectivity index (χ2v) is 11.8. The van der Waals surface area contributed by atoms with Crippen molar-refractivity contribution in [3.05, 3.63) is 65.7 Å². The third-order valence-electron chi connectivity index (χ3n) is 8.15. The molecule has 1 aliphatic carbocycles. The minimum absolute atomic E-state index is 0.0673. The van der Waals surface area contributed by atoms with Crippen LogP contribution in [0.15, 0.2) is 54.6 Å². The highest BCUT2D eigenvalue weighted by Gasteiger charge is 2.55. The fraction of sp³-hybridized carbons (Fsp3) is 0.567. The van der Waals surface area contributed by atoms with Gasteiger partial charge in [0.1, 0.15) is 17.9 Å². The number of benzene rings is 2. The van der Waals surface area contributed by atoms with Crippen LogP contribution in [0, 0.1) is 0 Å². The van der Waals surface area contributed by atoms with Gasteiger partial charge < -0.3 is 14.6 Å². The van der Waals surface area contributed by atoms with Gasteiger partial charge in [0.2, 0.25) is 0 Å². The van der Waals surface area contributed by atoms with Crippen LogP contribution in [0.5, 0.6) is 5.75 Å². The van der Waals surface area contributed by atoms with E-state index in [-0.39, 0.29) is 23.6 Å². The molecule has 1 atom stereocenters. The van der Waals surface area contributed by atoms with Crippen LogP contribution in [0.25, 0.3) is 0 Å². The average molecular weight is 510 g/mol. The van der Waals surface area contributed by atoms with Crippen LogP contribution >= 0.6 is 0 Å². The maximum Gasteiger partial charge on any atom is 0.320 e. The van der Waals surface area contributed by atoms with Gasteiger partial charge in [-0.15, -0.1) is 0 Å². The number of hydrogen-bond acceptors (Lipinski definition) is 7. The number of carbonyl (C=O) groups excluding carboxylic acids is 1. The lowest BCUT2D eigenvalue weighted by molar-refractivity contribution is -0.165. The molecule has 1 heterocycles. The molecule has 1 saturated heterocycles. The van der Waals surface area contributed by atoms with Crippen molar-refractivity contribution < 1.29 is 19.4 Å². The smallest absolute Gasteiger partial charge is 0.320 e. The number of aliphatic hydroxyl groups is 1. The van der Waals surface area contributed by atoms with Crippen LogP contribution in [0.3, 0.4) is 0 Å². The summed E-state index contributed by atoms with van der Waals surface area (Å²) in [4.78, 5) is 19.4. The summed E-state index contributed by atoms with van der Waals surface area (Å²) in [6, 6.07) is 18.7. The Morgan fingerprint density at radius 1 is 1.03 bits per heavy atom.